The molecule has 0 N–H and O–H groups in total. The van der Waals surface area contributed by atoms with Crippen LogP contribution in [0.25, 0.3) is 105 Å². The molecule has 2 heteroatoms. The molecule has 0 saturated heterocycles. The second-order valence-corrected chi connectivity index (χ2v) is 12.9. The number of aromatic nitrogens is 2. The first kappa shape index (κ1) is 21.3. The van der Waals surface area contributed by atoms with E-state index in [-0.39, 0.29) is 45.7 Å². The normalized spacial score (nSPS) is 14.1. The fraction of sp³-hybridized carbons (Fsp3) is 0. The van der Waals surface area contributed by atoms with Gasteiger partial charge >= 0.3 is 0 Å². The molecule has 0 amide bonds. The summed E-state index contributed by atoms with van der Waals surface area (Å²) in [7, 11) is 0. The molecule has 1 aliphatic carbocycles. The van der Waals surface area contributed by atoms with Crippen LogP contribution in [0.15, 0.2) is 182 Å². The highest BCUT2D eigenvalue weighted by Gasteiger charge is 2.24. The van der Waals surface area contributed by atoms with Crippen LogP contribution in [0.1, 0.15) is 11.0 Å². The molecule has 0 unspecified atom stereocenters. The molecule has 0 aliphatic heterocycles. The minimum atomic E-state index is -0.432. The average Bonchev–Trinajstić information content (AvgIpc) is 3.83. The molecule has 0 bridgehead atoms. The maximum atomic E-state index is 9.49. The second-order valence-electron chi connectivity index (χ2n) is 12.9. The van der Waals surface area contributed by atoms with Gasteiger partial charge in [-0.1, -0.05) is 158 Å². The predicted octanol–water partition coefficient (Wildman–Crippen LogP) is 13.1. The van der Waals surface area contributed by atoms with Crippen LogP contribution in [0.5, 0.6) is 0 Å². The van der Waals surface area contributed by atoms with Gasteiger partial charge in [-0.2, -0.15) is 0 Å². The van der Waals surface area contributed by atoms with Gasteiger partial charge in [-0.15, -0.1) is 0 Å². The Bertz CT molecular complexity index is 3360. The molecule has 0 atom stereocenters. The monoisotopic (exact) mass is 654 g/mol. The van der Waals surface area contributed by atoms with E-state index in [9.17, 15) is 5.48 Å². The lowest BCUT2D eigenvalue weighted by molar-refractivity contribution is 1.10. The van der Waals surface area contributed by atoms with Crippen molar-refractivity contribution in [3.8, 4) is 61.6 Å². The van der Waals surface area contributed by atoms with Crippen LogP contribution < -0.4 is 0 Å². The van der Waals surface area contributed by atoms with Gasteiger partial charge in [0.15, 0.2) is 0 Å². The number of hydrogen-bond acceptors (Lipinski definition) is 1. The van der Waals surface area contributed by atoms with Crippen LogP contribution in [-0.2, 0) is 0 Å². The molecule has 2 nitrogen and oxygen atoms in total. The van der Waals surface area contributed by atoms with Crippen LogP contribution in [0.4, 0.5) is 0 Å². The van der Waals surface area contributed by atoms with Gasteiger partial charge in [0.1, 0.15) is 5.82 Å². The van der Waals surface area contributed by atoms with Crippen LogP contribution in [0, 0.1) is 0 Å². The quantitative estimate of drug-likeness (QED) is 0.173. The van der Waals surface area contributed by atoms with Gasteiger partial charge in [0.25, 0.3) is 0 Å². The van der Waals surface area contributed by atoms with Crippen LogP contribution in [0.3, 0.4) is 0 Å². The number of hydrogen-bond donors (Lipinski definition) is 0. The van der Waals surface area contributed by atoms with Gasteiger partial charge in [0, 0.05) is 11.3 Å². The highest BCUT2D eigenvalue weighted by molar-refractivity contribution is 6.26. The van der Waals surface area contributed by atoms with Crippen molar-refractivity contribution in [3.63, 3.8) is 0 Å². The average molecular weight is 655 g/mol. The van der Waals surface area contributed by atoms with Crippen LogP contribution >= 0.6 is 0 Å². The van der Waals surface area contributed by atoms with Crippen LogP contribution in [-0.4, -0.2) is 9.55 Å². The van der Waals surface area contributed by atoms with Crippen molar-refractivity contribution >= 4 is 43.4 Å². The standard InChI is InChI=1S/C49H30N2/c1-2-13-33(14-3-1)51-45-24-11-10-23-44(45)50-49(51)32-27-25-31(26-28-32)46-37-17-6-8-19-39(37)48(40-20-9-7-18-38(40)46)43-30-29-42-35-16-5-4-15-34(35)36-21-12-22-41(43)47(36)42/h1-30H/i6D,7D,8D,9D,17D,18D,19D,20D. The first-order valence-corrected chi connectivity index (χ1v) is 16.9. The maximum absolute atomic E-state index is 9.49. The van der Waals surface area contributed by atoms with Crippen molar-refractivity contribution in [2.75, 3.05) is 0 Å². The Morgan fingerprint density at radius 2 is 0.961 bits per heavy atom. The number of para-hydroxylation sites is 3. The SMILES string of the molecule is [2H]c1c([2H])c([2H])c2c(-c3ccc4c5c(cccc35)-c3ccccc3-4)c3c([2H])c([2H])c([2H])c([2H])c3c(-c3ccc(-c4nc5ccccc5n4-c4ccccc4)cc3)c2c1[2H]. The highest BCUT2D eigenvalue weighted by Crippen LogP contribution is 2.51. The van der Waals surface area contributed by atoms with E-state index in [1.807, 2.05) is 115 Å². The Morgan fingerprint density at radius 3 is 1.67 bits per heavy atom. The minimum absolute atomic E-state index is 0.180. The molecule has 51 heavy (non-hydrogen) atoms. The third-order valence-electron chi connectivity index (χ3n) is 10.2. The summed E-state index contributed by atoms with van der Waals surface area (Å²) in [4.78, 5) is 5.02. The smallest absolute Gasteiger partial charge is 0.145 e. The molecule has 1 aromatic heterocycles. The first-order valence-electron chi connectivity index (χ1n) is 20.9. The van der Waals surface area contributed by atoms with Gasteiger partial charge in [-0.05, 0) is 101 Å². The summed E-state index contributed by atoms with van der Waals surface area (Å²) in [5, 5.41) is 2.54. The summed E-state index contributed by atoms with van der Waals surface area (Å²) in [5.41, 5.74) is 9.51. The van der Waals surface area contributed by atoms with E-state index in [0.29, 0.717) is 28.1 Å². The molecule has 0 fully saturated rings. The van der Waals surface area contributed by atoms with Crippen LogP contribution in [0.2, 0.25) is 0 Å². The lowest BCUT2D eigenvalue weighted by Gasteiger charge is -2.19. The lowest BCUT2D eigenvalue weighted by Crippen LogP contribution is -1.97. The summed E-state index contributed by atoms with van der Waals surface area (Å²) in [6.07, 6.45) is 0. The number of fused-ring (bicyclic) bond motifs is 6. The third kappa shape index (κ3) is 4.08. The summed E-state index contributed by atoms with van der Waals surface area (Å²) in [5.74, 6) is 0.701. The molecule has 11 rings (SSSR count). The van der Waals surface area contributed by atoms with E-state index in [0.717, 1.165) is 55.3 Å². The Balaban J connectivity index is 1.25. The summed E-state index contributed by atoms with van der Waals surface area (Å²) >= 11 is 0. The lowest BCUT2D eigenvalue weighted by atomic mass is 9.84. The van der Waals surface area contributed by atoms with Crippen molar-refractivity contribution in [2.24, 2.45) is 0 Å². The van der Waals surface area contributed by atoms with E-state index in [4.69, 9.17) is 10.5 Å². The first-order chi connectivity index (χ1) is 28.7. The number of benzene rings is 9. The molecule has 1 heterocycles. The zero-order chi connectivity index (χ0) is 40.4. The van der Waals surface area contributed by atoms with E-state index in [2.05, 4.69) is 22.8 Å². The Morgan fingerprint density at radius 1 is 0.412 bits per heavy atom. The molecule has 0 spiro atoms. The Labute approximate surface area is 306 Å². The molecule has 10 aromatic rings. The van der Waals surface area contributed by atoms with E-state index in [1.54, 1.807) is 0 Å². The van der Waals surface area contributed by atoms with Gasteiger partial charge < -0.3 is 0 Å². The summed E-state index contributed by atoms with van der Waals surface area (Å²) in [6, 6.07) is 40.6. The fourth-order valence-corrected chi connectivity index (χ4v) is 8.05. The van der Waals surface area contributed by atoms with Gasteiger partial charge in [-0.3, -0.25) is 4.57 Å². The Kier molecular flexibility index (Phi) is 4.55. The van der Waals surface area contributed by atoms with Crippen molar-refractivity contribution in [3.05, 3.63) is 182 Å². The second kappa shape index (κ2) is 10.9. The molecule has 236 valence electrons. The predicted molar refractivity (Wildman–Crippen MR) is 214 cm³/mol. The van der Waals surface area contributed by atoms with Gasteiger partial charge in [-0.25, -0.2) is 4.98 Å². The fourth-order valence-electron chi connectivity index (χ4n) is 8.05. The number of rotatable bonds is 4. The van der Waals surface area contributed by atoms with Gasteiger partial charge in [0.05, 0.1) is 22.0 Å². The number of imidazole rings is 1. The molecule has 1 aliphatic rings. The van der Waals surface area contributed by atoms with E-state index < -0.39 is 24.2 Å². The summed E-state index contributed by atoms with van der Waals surface area (Å²) in [6.45, 7) is 0. The zero-order valence-corrected chi connectivity index (χ0v) is 27.1. The Hall–Kier alpha value is -6.77. The highest BCUT2D eigenvalue weighted by atomic mass is 15.1. The van der Waals surface area contributed by atoms with Crippen molar-refractivity contribution in [1.82, 2.24) is 9.55 Å². The number of nitrogens with zero attached hydrogens (tertiary/aromatic N) is 2. The van der Waals surface area contributed by atoms with Crippen molar-refractivity contribution in [2.45, 2.75) is 0 Å². The molecule has 9 aromatic carbocycles. The maximum Gasteiger partial charge on any atom is 0.145 e. The molecule has 0 radical (unpaired) electrons. The van der Waals surface area contributed by atoms with E-state index >= 15 is 0 Å². The molecule has 0 saturated carbocycles. The summed E-state index contributed by atoms with van der Waals surface area (Å²) < 4.78 is 75.6. The topological polar surface area (TPSA) is 17.8 Å². The van der Waals surface area contributed by atoms with E-state index in [1.165, 1.54) is 0 Å². The van der Waals surface area contributed by atoms with Gasteiger partial charge in [0.2, 0.25) is 0 Å². The third-order valence-corrected chi connectivity index (χ3v) is 10.2. The molecular weight excluding hydrogens is 617 g/mol. The largest absolute Gasteiger partial charge is 0.292 e. The minimum Gasteiger partial charge on any atom is -0.292 e. The zero-order valence-electron chi connectivity index (χ0n) is 35.1. The molecular formula is C49H30N2. The van der Waals surface area contributed by atoms with Crippen molar-refractivity contribution < 1.29 is 11.0 Å². The van der Waals surface area contributed by atoms with Crippen molar-refractivity contribution in [1.29, 1.82) is 0 Å².